The first-order chi connectivity index (χ1) is 15.5. The predicted molar refractivity (Wildman–Crippen MR) is 135 cm³/mol. The molecule has 4 heteroatoms. The second-order valence-corrected chi connectivity index (χ2v) is 15.5. The minimum absolute atomic E-state index is 0.0247. The van der Waals surface area contributed by atoms with E-state index in [1.807, 2.05) is 0 Å². The van der Waals surface area contributed by atoms with Gasteiger partial charge in [-0.2, -0.15) is 0 Å². The molecule has 34 heavy (non-hydrogen) atoms. The summed E-state index contributed by atoms with van der Waals surface area (Å²) >= 11 is 0. The first-order valence-electron chi connectivity index (χ1n) is 14.3. The summed E-state index contributed by atoms with van der Waals surface area (Å²) in [6.45, 7) is 18.4. The van der Waals surface area contributed by atoms with Crippen LogP contribution in [-0.4, -0.2) is 44.8 Å². The monoisotopic (exact) mass is 476 g/mol. The van der Waals surface area contributed by atoms with E-state index in [1.165, 1.54) is 6.42 Å². The van der Waals surface area contributed by atoms with Crippen molar-refractivity contribution in [1.29, 1.82) is 0 Å². The van der Waals surface area contributed by atoms with Crippen LogP contribution in [0.15, 0.2) is 0 Å². The summed E-state index contributed by atoms with van der Waals surface area (Å²) in [5.74, 6) is 0.984. The van der Waals surface area contributed by atoms with Crippen molar-refractivity contribution in [3.05, 3.63) is 0 Å². The molecule has 3 N–H and O–H groups in total. The Morgan fingerprint density at radius 1 is 0.735 bits per heavy atom. The molecule has 5 rings (SSSR count). The fraction of sp³-hybridized carbons (Fsp3) is 1.00. The maximum atomic E-state index is 11.9. The number of aliphatic hydroxyl groups is 3. The SMILES string of the molecule is CC1(C)CCC[C@@](C)([C@@H]2CC[C@]3(C)[C@@H]2[C@@H](O)C[C@H]2[C@]4(C)CC[C@H](O)C(C)(C)[C@H]4[C@H](O)C[C@@]23C)O1. The molecule has 0 radical (unpaired) electrons. The molecular formula is C30H52O4. The lowest BCUT2D eigenvalue weighted by molar-refractivity contribution is -0.279. The van der Waals surface area contributed by atoms with Crippen LogP contribution < -0.4 is 0 Å². The van der Waals surface area contributed by atoms with E-state index in [1.54, 1.807) is 0 Å². The van der Waals surface area contributed by atoms with E-state index in [0.717, 1.165) is 51.4 Å². The zero-order chi connectivity index (χ0) is 25.1. The Hall–Kier alpha value is -0.160. The largest absolute Gasteiger partial charge is 0.393 e. The highest BCUT2D eigenvalue weighted by molar-refractivity contribution is 5.21. The zero-order valence-electron chi connectivity index (χ0n) is 23.2. The van der Waals surface area contributed by atoms with Crippen LogP contribution in [0, 0.1) is 45.3 Å². The van der Waals surface area contributed by atoms with Crippen LogP contribution in [0.5, 0.6) is 0 Å². The highest BCUT2D eigenvalue weighted by Gasteiger charge is 2.73. The molecule has 0 amide bonds. The molecule has 5 fully saturated rings. The molecule has 0 aromatic rings. The molecule has 0 aromatic carbocycles. The van der Waals surface area contributed by atoms with Crippen molar-refractivity contribution in [2.45, 2.75) is 143 Å². The van der Waals surface area contributed by atoms with Crippen LogP contribution in [0.25, 0.3) is 0 Å². The molecule has 1 aliphatic heterocycles. The third-order valence-electron chi connectivity index (χ3n) is 13.0. The van der Waals surface area contributed by atoms with Crippen LogP contribution in [0.4, 0.5) is 0 Å². The zero-order valence-corrected chi connectivity index (χ0v) is 23.2. The standard InChI is InChI=1S/C30H52O4/c1-25(2)12-9-13-30(8,34-25)18-10-15-28(6)23(18)19(31)16-21-27(5)14-11-22(33)26(3,4)24(27)20(32)17-29(21,28)7/h18-24,31-33H,9-17H2,1-8H3/t18-,19+,20-,21+,22+,23+,24-,27+,28-,29+,30+/m1/s1. The van der Waals surface area contributed by atoms with E-state index in [2.05, 4.69) is 55.4 Å². The Labute approximate surface area is 208 Å². The molecule has 4 saturated carbocycles. The molecule has 4 nitrogen and oxygen atoms in total. The van der Waals surface area contributed by atoms with Crippen LogP contribution in [0.2, 0.25) is 0 Å². The van der Waals surface area contributed by atoms with E-state index in [9.17, 15) is 15.3 Å². The Bertz CT molecular complexity index is 823. The molecule has 0 unspecified atom stereocenters. The summed E-state index contributed by atoms with van der Waals surface area (Å²) in [7, 11) is 0. The molecule has 0 aromatic heterocycles. The summed E-state index contributed by atoms with van der Waals surface area (Å²) in [6.07, 6.45) is 7.79. The van der Waals surface area contributed by atoms with Crippen molar-refractivity contribution in [1.82, 2.24) is 0 Å². The second-order valence-electron chi connectivity index (χ2n) is 15.5. The fourth-order valence-corrected chi connectivity index (χ4v) is 11.5. The van der Waals surface area contributed by atoms with Crippen molar-refractivity contribution in [3.8, 4) is 0 Å². The van der Waals surface area contributed by atoms with Crippen LogP contribution in [0.3, 0.4) is 0 Å². The quantitative estimate of drug-likeness (QED) is 0.453. The summed E-state index contributed by atoms with van der Waals surface area (Å²) in [4.78, 5) is 0. The Morgan fingerprint density at radius 3 is 2.06 bits per heavy atom. The van der Waals surface area contributed by atoms with Crippen molar-refractivity contribution < 1.29 is 20.1 Å². The Morgan fingerprint density at radius 2 is 1.41 bits per heavy atom. The molecule has 11 atom stereocenters. The number of hydrogen-bond acceptors (Lipinski definition) is 4. The van der Waals surface area contributed by atoms with Gasteiger partial charge in [-0.25, -0.2) is 0 Å². The maximum Gasteiger partial charge on any atom is 0.0693 e. The van der Waals surface area contributed by atoms with Crippen molar-refractivity contribution in [3.63, 3.8) is 0 Å². The predicted octanol–water partition coefficient (Wildman–Crippen LogP) is 5.71. The normalized spacial score (nSPS) is 58.5. The first-order valence-corrected chi connectivity index (χ1v) is 14.3. The summed E-state index contributed by atoms with van der Waals surface area (Å²) in [6, 6.07) is 0. The Kier molecular flexibility index (Phi) is 5.59. The lowest BCUT2D eigenvalue weighted by Gasteiger charge is -2.71. The van der Waals surface area contributed by atoms with Gasteiger partial charge in [-0.05, 0) is 124 Å². The lowest BCUT2D eigenvalue weighted by Crippen LogP contribution is -2.70. The molecule has 196 valence electrons. The van der Waals surface area contributed by atoms with Gasteiger partial charge in [0.05, 0.1) is 29.5 Å². The highest BCUT2D eigenvalue weighted by atomic mass is 16.5. The summed E-state index contributed by atoms with van der Waals surface area (Å²) in [5, 5.41) is 34.6. The van der Waals surface area contributed by atoms with E-state index in [4.69, 9.17) is 4.74 Å². The van der Waals surface area contributed by atoms with Gasteiger partial charge in [-0.15, -0.1) is 0 Å². The van der Waals surface area contributed by atoms with E-state index in [0.29, 0.717) is 11.8 Å². The fourth-order valence-electron chi connectivity index (χ4n) is 11.5. The molecule has 0 spiro atoms. The van der Waals surface area contributed by atoms with E-state index < -0.39 is 6.10 Å². The van der Waals surface area contributed by atoms with Gasteiger partial charge in [0, 0.05) is 0 Å². The maximum absolute atomic E-state index is 11.9. The average Bonchev–Trinajstić information content (AvgIpc) is 3.07. The average molecular weight is 477 g/mol. The molecule has 5 aliphatic rings. The van der Waals surface area contributed by atoms with Crippen molar-refractivity contribution in [2.24, 2.45) is 45.3 Å². The minimum Gasteiger partial charge on any atom is -0.393 e. The topological polar surface area (TPSA) is 69.9 Å². The molecule has 1 saturated heterocycles. The van der Waals surface area contributed by atoms with Crippen molar-refractivity contribution >= 4 is 0 Å². The van der Waals surface area contributed by atoms with Gasteiger partial charge in [-0.1, -0.05) is 34.6 Å². The number of fused-ring (bicyclic) bond motifs is 5. The van der Waals surface area contributed by atoms with Gasteiger partial charge >= 0.3 is 0 Å². The first kappa shape index (κ1) is 25.5. The van der Waals surface area contributed by atoms with E-state index >= 15 is 0 Å². The van der Waals surface area contributed by atoms with Crippen LogP contribution in [-0.2, 0) is 4.74 Å². The van der Waals surface area contributed by atoms with Gasteiger partial charge in [0.15, 0.2) is 0 Å². The number of aliphatic hydroxyl groups excluding tert-OH is 3. The second kappa shape index (κ2) is 7.45. The lowest BCUT2D eigenvalue weighted by atomic mass is 9.34. The van der Waals surface area contributed by atoms with Crippen LogP contribution in [0.1, 0.15) is 113 Å². The molecule has 0 bridgehead atoms. The Balaban J connectivity index is 1.54. The highest BCUT2D eigenvalue weighted by Crippen LogP contribution is 2.76. The molecule has 4 aliphatic carbocycles. The van der Waals surface area contributed by atoms with Crippen LogP contribution >= 0.6 is 0 Å². The number of rotatable bonds is 1. The van der Waals surface area contributed by atoms with Gasteiger partial charge in [0.25, 0.3) is 0 Å². The minimum atomic E-state index is -0.414. The van der Waals surface area contributed by atoms with Crippen molar-refractivity contribution in [2.75, 3.05) is 0 Å². The van der Waals surface area contributed by atoms with Gasteiger partial charge < -0.3 is 20.1 Å². The number of ether oxygens (including phenoxy) is 1. The summed E-state index contributed by atoms with van der Waals surface area (Å²) < 4.78 is 6.83. The third-order valence-corrected chi connectivity index (χ3v) is 13.0. The van der Waals surface area contributed by atoms with Gasteiger partial charge in [0.1, 0.15) is 0 Å². The smallest absolute Gasteiger partial charge is 0.0693 e. The molecular weight excluding hydrogens is 424 g/mol. The summed E-state index contributed by atoms with van der Waals surface area (Å²) in [5.41, 5.74) is -0.739. The van der Waals surface area contributed by atoms with Gasteiger partial charge in [0.2, 0.25) is 0 Å². The van der Waals surface area contributed by atoms with E-state index in [-0.39, 0.29) is 56.9 Å². The van der Waals surface area contributed by atoms with Gasteiger partial charge in [-0.3, -0.25) is 0 Å². The third kappa shape index (κ3) is 3.16. The number of hydrogen-bond donors (Lipinski definition) is 3. The molecule has 1 heterocycles.